The van der Waals surface area contributed by atoms with Gasteiger partial charge in [0.05, 0.1) is 10.6 Å². The van der Waals surface area contributed by atoms with Gasteiger partial charge in [-0.15, -0.1) is 0 Å². The molecular weight excluding hydrogens is 360 g/mol. The summed E-state index contributed by atoms with van der Waals surface area (Å²) in [6, 6.07) is 10.9. The van der Waals surface area contributed by atoms with Crippen LogP contribution in [0.15, 0.2) is 41.3 Å². The average Bonchev–Trinajstić information content (AvgIpc) is 3.00. The quantitative estimate of drug-likeness (QED) is 0.704. The van der Waals surface area contributed by atoms with E-state index in [1.165, 1.54) is 0 Å². The second-order valence-electron chi connectivity index (χ2n) is 7.03. The van der Waals surface area contributed by atoms with Gasteiger partial charge >= 0.3 is 0 Å². The number of carbonyl (C=O) groups is 1. The van der Waals surface area contributed by atoms with E-state index in [9.17, 15) is 13.2 Å². The molecule has 0 fully saturated rings. The maximum absolute atomic E-state index is 13.0. The summed E-state index contributed by atoms with van der Waals surface area (Å²) in [6.45, 7) is 3.76. The van der Waals surface area contributed by atoms with Crippen molar-refractivity contribution in [1.82, 2.24) is 4.98 Å². The lowest BCUT2D eigenvalue weighted by Crippen LogP contribution is -2.15. The van der Waals surface area contributed by atoms with Crippen LogP contribution in [0.5, 0.6) is 0 Å². The minimum atomic E-state index is -3.74. The summed E-state index contributed by atoms with van der Waals surface area (Å²) in [4.78, 5) is 15.8. The zero-order valence-corrected chi connectivity index (χ0v) is 16.2. The summed E-state index contributed by atoms with van der Waals surface area (Å²) in [5, 5.41) is 0.820. The number of carbonyl (C=O) groups excluding carboxylic acids is 1. The van der Waals surface area contributed by atoms with Gasteiger partial charge in [-0.25, -0.2) is 8.42 Å². The summed E-state index contributed by atoms with van der Waals surface area (Å²) in [5.41, 5.74) is 4.52. The molecule has 140 valence electrons. The molecule has 1 heterocycles. The van der Waals surface area contributed by atoms with E-state index in [1.54, 1.807) is 19.1 Å². The van der Waals surface area contributed by atoms with Crippen molar-refractivity contribution < 1.29 is 13.2 Å². The molecule has 1 aliphatic carbocycles. The van der Waals surface area contributed by atoms with Crippen LogP contribution < -0.4 is 4.72 Å². The van der Waals surface area contributed by atoms with E-state index in [-0.39, 0.29) is 10.7 Å². The second kappa shape index (κ2) is 6.53. The summed E-state index contributed by atoms with van der Waals surface area (Å²) < 4.78 is 28.8. The van der Waals surface area contributed by atoms with Crippen molar-refractivity contribution in [2.24, 2.45) is 0 Å². The highest BCUT2D eigenvalue weighted by atomic mass is 32.2. The van der Waals surface area contributed by atoms with E-state index < -0.39 is 10.0 Å². The number of para-hydroxylation sites is 1. The van der Waals surface area contributed by atoms with Crippen LogP contribution >= 0.6 is 0 Å². The van der Waals surface area contributed by atoms with E-state index in [0.29, 0.717) is 23.2 Å². The van der Waals surface area contributed by atoms with E-state index >= 15 is 0 Å². The molecule has 0 unspecified atom stereocenters. The number of fused-ring (bicyclic) bond motifs is 3. The molecule has 2 N–H and O–H groups in total. The molecule has 27 heavy (non-hydrogen) atoms. The third kappa shape index (κ3) is 3.04. The first-order valence-corrected chi connectivity index (χ1v) is 10.7. The number of aryl methyl sites for hydroxylation is 3. The molecule has 0 saturated heterocycles. The van der Waals surface area contributed by atoms with Crippen molar-refractivity contribution in [3.8, 4) is 0 Å². The van der Waals surface area contributed by atoms with Gasteiger partial charge in [0.1, 0.15) is 0 Å². The molecule has 3 aromatic rings. The Hall–Kier alpha value is -2.60. The molecule has 0 spiro atoms. The fraction of sp³-hybridized carbons (Fsp3) is 0.286. The topological polar surface area (TPSA) is 79.0 Å². The third-order valence-corrected chi connectivity index (χ3v) is 6.72. The minimum Gasteiger partial charge on any atom is -0.358 e. The van der Waals surface area contributed by atoms with Crippen molar-refractivity contribution in [3.63, 3.8) is 0 Å². The van der Waals surface area contributed by atoms with Crippen molar-refractivity contribution >= 4 is 32.4 Å². The molecular formula is C21H22N2O3S. The summed E-state index contributed by atoms with van der Waals surface area (Å²) in [6.07, 6.45) is 2.94. The molecule has 0 radical (unpaired) electrons. The Morgan fingerprint density at radius 2 is 1.93 bits per heavy atom. The number of aromatic amines is 1. The van der Waals surface area contributed by atoms with Crippen LogP contribution in [-0.4, -0.2) is 19.2 Å². The van der Waals surface area contributed by atoms with Crippen LogP contribution in [0, 0.1) is 6.92 Å². The van der Waals surface area contributed by atoms with Crippen LogP contribution in [0.4, 0.5) is 5.69 Å². The normalized spacial score (nSPS) is 14.4. The van der Waals surface area contributed by atoms with Crippen LogP contribution in [-0.2, 0) is 22.9 Å². The maximum Gasteiger partial charge on any atom is 0.262 e. The first-order chi connectivity index (χ1) is 12.9. The average molecular weight is 382 g/mol. The van der Waals surface area contributed by atoms with E-state index in [1.807, 2.05) is 31.2 Å². The lowest BCUT2D eigenvalue weighted by molar-refractivity contribution is 0.0974. The first-order valence-electron chi connectivity index (χ1n) is 9.20. The molecule has 0 bridgehead atoms. The number of sulfonamides is 1. The number of H-pyrrole nitrogens is 1. The maximum atomic E-state index is 13.0. The Kier molecular flexibility index (Phi) is 4.30. The van der Waals surface area contributed by atoms with E-state index in [0.717, 1.165) is 41.5 Å². The Morgan fingerprint density at radius 3 is 2.70 bits per heavy atom. The number of aromatic nitrogens is 1. The molecule has 0 amide bonds. The van der Waals surface area contributed by atoms with Crippen LogP contribution in [0.2, 0.25) is 0 Å². The second-order valence-corrected chi connectivity index (χ2v) is 8.69. The molecule has 4 rings (SSSR count). The first kappa shape index (κ1) is 17.8. The molecule has 6 heteroatoms. The Balaban J connectivity index is 1.81. The highest BCUT2D eigenvalue weighted by Crippen LogP contribution is 2.33. The Bertz CT molecular complexity index is 1160. The summed E-state index contributed by atoms with van der Waals surface area (Å²) >= 11 is 0. The van der Waals surface area contributed by atoms with Crippen LogP contribution in [0.1, 0.15) is 46.9 Å². The number of ketones is 1. The highest BCUT2D eigenvalue weighted by molar-refractivity contribution is 7.92. The number of benzene rings is 2. The molecule has 1 aliphatic rings. The van der Waals surface area contributed by atoms with Gasteiger partial charge in [-0.1, -0.05) is 25.1 Å². The fourth-order valence-electron chi connectivity index (χ4n) is 3.86. The summed E-state index contributed by atoms with van der Waals surface area (Å²) in [7, 11) is -3.74. The van der Waals surface area contributed by atoms with Crippen molar-refractivity contribution in [3.05, 3.63) is 58.8 Å². The molecule has 2 aromatic carbocycles. The van der Waals surface area contributed by atoms with Crippen LogP contribution in [0.3, 0.4) is 0 Å². The number of nitrogens with one attached hydrogen (secondary N) is 2. The van der Waals surface area contributed by atoms with Gasteiger partial charge in [-0.2, -0.15) is 0 Å². The summed E-state index contributed by atoms with van der Waals surface area (Å²) in [5.74, 6) is 0.132. The fourth-order valence-corrected chi connectivity index (χ4v) is 5.21. The molecule has 1 aromatic heterocycles. The number of anilines is 1. The number of rotatable bonds is 4. The smallest absolute Gasteiger partial charge is 0.262 e. The van der Waals surface area contributed by atoms with Gasteiger partial charge in [-0.3, -0.25) is 9.52 Å². The number of hydrogen-bond donors (Lipinski definition) is 2. The SMILES string of the molecule is CCc1ccccc1NS(=O)(=O)c1cc2[nH]c3c(c2cc1C)C(=O)CCC3. The van der Waals surface area contributed by atoms with Crippen molar-refractivity contribution in [2.75, 3.05) is 4.72 Å². The number of hydrogen-bond acceptors (Lipinski definition) is 3. The van der Waals surface area contributed by atoms with E-state index in [4.69, 9.17) is 0 Å². The van der Waals surface area contributed by atoms with Gasteiger partial charge in [-0.05, 0) is 55.5 Å². The van der Waals surface area contributed by atoms with Crippen LogP contribution in [0.25, 0.3) is 10.9 Å². The zero-order chi connectivity index (χ0) is 19.2. The Labute approximate surface area is 158 Å². The molecule has 5 nitrogen and oxygen atoms in total. The monoisotopic (exact) mass is 382 g/mol. The predicted octanol–water partition coefficient (Wildman–Crippen LogP) is 4.36. The predicted molar refractivity (Wildman–Crippen MR) is 107 cm³/mol. The molecule has 0 aliphatic heterocycles. The lowest BCUT2D eigenvalue weighted by atomic mass is 9.94. The standard InChI is InChI=1S/C21H22N2O3S/c1-3-14-7-4-5-8-16(14)23-27(25,26)20-12-18-15(11-13(20)2)21-17(22-18)9-6-10-19(21)24/h4-5,7-8,11-12,22-23H,3,6,9-10H2,1-2H3. The van der Waals surface area contributed by atoms with E-state index in [2.05, 4.69) is 9.71 Å². The highest BCUT2D eigenvalue weighted by Gasteiger charge is 2.25. The largest absolute Gasteiger partial charge is 0.358 e. The van der Waals surface area contributed by atoms with Crippen molar-refractivity contribution in [1.29, 1.82) is 0 Å². The number of Topliss-reactive ketones (excluding diaryl/α,β-unsaturated/α-hetero) is 1. The van der Waals surface area contributed by atoms with Crippen molar-refractivity contribution in [2.45, 2.75) is 44.4 Å². The van der Waals surface area contributed by atoms with Gasteiger partial charge in [0.15, 0.2) is 5.78 Å². The third-order valence-electron chi connectivity index (χ3n) is 5.21. The van der Waals surface area contributed by atoms with Gasteiger partial charge < -0.3 is 4.98 Å². The minimum absolute atomic E-state index is 0.132. The molecule has 0 saturated carbocycles. The van der Waals surface area contributed by atoms with Gasteiger partial charge in [0.2, 0.25) is 0 Å². The molecule has 0 atom stereocenters. The zero-order valence-electron chi connectivity index (χ0n) is 15.4. The van der Waals surface area contributed by atoms with Gasteiger partial charge in [0, 0.05) is 28.6 Å². The lowest BCUT2D eigenvalue weighted by Gasteiger charge is -2.13. The van der Waals surface area contributed by atoms with Gasteiger partial charge in [0.25, 0.3) is 10.0 Å². The Morgan fingerprint density at radius 1 is 1.15 bits per heavy atom.